The van der Waals surface area contributed by atoms with Crippen LogP contribution in [0, 0.1) is 5.41 Å². The molecule has 2 rings (SSSR count). The summed E-state index contributed by atoms with van der Waals surface area (Å²) >= 11 is 0. The van der Waals surface area contributed by atoms with Gasteiger partial charge in [0.2, 0.25) is 5.90 Å². The van der Waals surface area contributed by atoms with Gasteiger partial charge >= 0.3 is 7.48 Å². The maximum Gasteiger partial charge on any atom is 0.304 e. The van der Waals surface area contributed by atoms with Crippen LogP contribution < -0.4 is 15.5 Å². The lowest BCUT2D eigenvalue weighted by Crippen LogP contribution is -2.17. The Kier molecular flexibility index (Phi) is 6.83. The van der Waals surface area contributed by atoms with Crippen LogP contribution in [0.3, 0.4) is 0 Å². The standard InChI is InChI=1S/C18H24BN3O3/c1-4-24-17(20)16-6-5-7-21-18(16)22-11-13-8-14(19-23)10-15(9-13)25-12(2)3/h5-10,12,19-20,23H,4,11H2,1-3H3,(H,21,22). The van der Waals surface area contributed by atoms with E-state index in [1.54, 1.807) is 18.3 Å². The first-order valence-electron chi connectivity index (χ1n) is 8.34. The second kappa shape index (κ2) is 9.08. The van der Waals surface area contributed by atoms with Crippen LogP contribution in [0.5, 0.6) is 5.75 Å². The van der Waals surface area contributed by atoms with Crippen molar-refractivity contribution in [3.63, 3.8) is 0 Å². The van der Waals surface area contributed by atoms with Crippen molar-refractivity contribution in [1.29, 1.82) is 5.41 Å². The van der Waals surface area contributed by atoms with E-state index in [-0.39, 0.29) is 19.5 Å². The number of nitrogens with one attached hydrogen (secondary N) is 2. The first kappa shape index (κ1) is 18.8. The molecule has 0 radical (unpaired) electrons. The summed E-state index contributed by atoms with van der Waals surface area (Å²) in [7, 11) is -0.0495. The van der Waals surface area contributed by atoms with Crippen LogP contribution in [0.25, 0.3) is 0 Å². The predicted octanol–water partition coefficient (Wildman–Crippen LogP) is 1.81. The van der Waals surface area contributed by atoms with Crippen LogP contribution in [0.1, 0.15) is 31.9 Å². The minimum Gasteiger partial charge on any atom is -0.491 e. The number of pyridine rings is 1. The lowest BCUT2D eigenvalue weighted by atomic mass is 9.87. The highest BCUT2D eigenvalue weighted by Crippen LogP contribution is 2.17. The van der Waals surface area contributed by atoms with Gasteiger partial charge in [-0.3, -0.25) is 5.41 Å². The maximum atomic E-state index is 9.45. The van der Waals surface area contributed by atoms with Crippen molar-refractivity contribution in [2.45, 2.75) is 33.4 Å². The molecule has 0 amide bonds. The van der Waals surface area contributed by atoms with Gasteiger partial charge in [0, 0.05) is 12.7 Å². The van der Waals surface area contributed by atoms with Crippen molar-refractivity contribution in [3.05, 3.63) is 47.7 Å². The molecule has 0 saturated carbocycles. The van der Waals surface area contributed by atoms with E-state index in [4.69, 9.17) is 14.9 Å². The minimum atomic E-state index is -0.0495. The minimum absolute atomic E-state index is 0.0495. The van der Waals surface area contributed by atoms with Gasteiger partial charge in [0.05, 0.1) is 18.3 Å². The van der Waals surface area contributed by atoms with Crippen LogP contribution in [0.15, 0.2) is 36.5 Å². The highest BCUT2D eigenvalue weighted by Gasteiger charge is 2.10. The molecule has 1 aromatic carbocycles. The predicted molar refractivity (Wildman–Crippen MR) is 101 cm³/mol. The molecular weight excluding hydrogens is 317 g/mol. The van der Waals surface area contributed by atoms with E-state index in [9.17, 15) is 5.02 Å². The molecule has 0 aliphatic rings. The Morgan fingerprint density at radius 3 is 2.84 bits per heavy atom. The molecule has 25 heavy (non-hydrogen) atoms. The number of aromatic nitrogens is 1. The summed E-state index contributed by atoms with van der Waals surface area (Å²) in [6.45, 7) is 6.69. The molecule has 1 aromatic heterocycles. The lowest BCUT2D eigenvalue weighted by molar-refractivity contribution is 0.242. The Morgan fingerprint density at radius 2 is 2.16 bits per heavy atom. The average Bonchev–Trinajstić information content (AvgIpc) is 2.59. The zero-order valence-corrected chi connectivity index (χ0v) is 14.9. The van der Waals surface area contributed by atoms with Crippen molar-refractivity contribution >= 4 is 24.7 Å². The highest BCUT2D eigenvalue weighted by atomic mass is 16.5. The molecule has 0 saturated heterocycles. The summed E-state index contributed by atoms with van der Waals surface area (Å²) < 4.78 is 11.0. The van der Waals surface area contributed by atoms with Crippen molar-refractivity contribution in [2.24, 2.45) is 0 Å². The number of anilines is 1. The van der Waals surface area contributed by atoms with Crippen LogP contribution in [0.2, 0.25) is 0 Å². The van der Waals surface area contributed by atoms with Crippen molar-refractivity contribution in [2.75, 3.05) is 11.9 Å². The molecule has 0 spiro atoms. The third-order valence-corrected chi connectivity index (χ3v) is 3.38. The van der Waals surface area contributed by atoms with E-state index >= 15 is 0 Å². The molecule has 0 bridgehead atoms. The number of nitrogens with zero attached hydrogens (tertiary/aromatic N) is 1. The largest absolute Gasteiger partial charge is 0.491 e. The van der Waals surface area contributed by atoms with Gasteiger partial charge in [-0.2, -0.15) is 0 Å². The van der Waals surface area contributed by atoms with Gasteiger partial charge < -0.3 is 19.8 Å². The number of rotatable bonds is 8. The summed E-state index contributed by atoms with van der Waals surface area (Å²) in [5.41, 5.74) is 2.36. The fourth-order valence-corrected chi connectivity index (χ4v) is 2.40. The van der Waals surface area contributed by atoms with E-state index in [1.807, 2.05) is 39.0 Å². The Morgan fingerprint density at radius 1 is 1.36 bits per heavy atom. The van der Waals surface area contributed by atoms with Crippen LogP contribution in [-0.2, 0) is 11.3 Å². The Bertz CT molecular complexity index is 722. The topological polar surface area (TPSA) is 87.5 Å². The zero-order chi connectivity index (χ0) is 18.2. The summed E-state index contributed by atoms with van der Waals surface area (Å²) in [6, 6.07) is 9.25. The van der Waals surface area contributed by atoms with Crippen molar-refractivity contribution < 1.29 is 14.5 Å². The highest BCUT2D eigenvalue weighted by molar-refractivity contribution is 6.45. The third-order valence-electron chi connectivity index (χ3n) is 3.38. The number of ether oxygens (including phenoxy) is 2. The van der Waals surface area contributed by atoms with E-state index in [1.165, 1.54) is 0 Å². The smallest absolute Gasteiger partial charge is 0.304 e. The SMILES string of the molecule is CCOC(=N)c1cccnc1NCc1cc(BO)cc(OC(C)C)c1. The number of hydrogen-bond acceptors (Lipinski definition) is 6. The number of benzene rings is 1. The van der Waals surface area contributed by atoms with Crippen LogP contribution in [0.4, 0.5) is 5.82 Å². The van der Waals surface area contributed by atoms with Gasteiger partial charge in [-0.05, 0) is 56.1 Å². The molecule has 6 nitrogen and oxygen atoms in total. The van der Waals surface area contributed by atoms with Gasteiger partial charge in [0.15, 0.2) is 0 Å². The molecule has 3 N–H and O–H groups in total. The van der Waals surface area contributed by atoms with Crippen molar-refractivity contribution in [3.8, 4) is 5.75 Å². The quantitative estimate of drug-likeness (QED) is 0.387. The van der Waals surface area contributed by atoms with Gasteiger partial charge in [-0.15, -0.1) is 0 Å². The first-order chi connectivity index (χ1) is 12.0. The summed E-state index contributed by atoms with van der Waals surface area (Å²) in [4.78, 5) is 4.30. The lowest BCUT2D eigenvalue weighted by Gasteiger charge is -2.15. The first-order valence-corrected chi connectivity index (χ1v) is 8.34. The maximum absolute atomic E-state index is 9.45. The molecule has 0 unspecified atom stereocenters. The fraction of sp³-hybridized carbons (Fsp3) is 0.333. The summed E-state index contributed by atoms with van der Waals surface area (Å²) in [5, 5.41) is 20.7. The van der Waals surface area contributed by atoms with Gasteiger partial charge in [0.1, 0.15) is 11.6 Å². The van der Waals surface area contributed by atoms with Gasteiger partial charge in [0.25, 0.3) is 0 Å². The molecular formula is C18H24BN3O3. The third kappa shape index (κ3) is 5.50. The van der Waals surface area contributed by atoms with E-state index < -0.39 is 0 Å². The second-order valence-corrected chi connectivity index (χ2v) is 5.83. The monoisotopic (exact) mass is 341 g/mol. The van der Waals surface area contributed by atoms with Gasteiger partial charge in [-0.1, -0.05) is 6.07 Å². The van der Waals surface area contributed by atoms with Crippen LogP contribution >= 0.6 is 0 Å². The fourth-order valence-electron chi connectivity index (χ4n) is 2.40. The normalized spacial score (nSPS) is 10.4. The van der Waals surface area contributed by atoms with Crippen molar-refractivity contribution in [1.82, 2.24) is 4.98 Å². The summed E-state index contributed by atoms with van der Waals surface area (Å²) in [5.74, 6) is 1.40. The molecule has 0 aliphatic heterocycles. The summed E-state index contributed by atoms with van der Waals surface area (Å²) in [6.07, 6.45) is 1.73. The molecule has 132 valence electrons. The molecule has 0 atom stereocenters. The Hall–Kier alpha value is -2.54. The van der Waals surface area contributed by atoms with E-state index in [2.05, 4.69) is 10.3 Å². The molecule has 0 fully saturated rings. The molecule has 0 aliphatic carbocycles. The zero-order valence-electron chi connectivity index (χ0n) is 14.9. The average molecular weight is 341 g/mol. The molecule has 1 heterocycles. The Balaban J connectivity index is 2.17. The van der Waals surface area contributed by atoms with Gasteiger partial charge in [-0.25, -0.2) is 4.98 Å². The van der Waals surface area contributed by atoms with E-state index in [0.29, 0.717) is 24.5 Å². The molecule has 7 heteroatoms. The second-order valence-electron chi connectivity index (χ2n) is 5.83. The molecule has 2 aromatic rings. The van der Waals surface area contributed by atoms with Crippen LogP contribution in [-0.4, -0.2) is 36.1 Å². The van der Waals surface area contributed by atoms with E-state index in [0.717, 1.165) is 16.8 Å². The number of hydrogen-bond donors (Lipinski definition) is 3. The Labute approximate surface area is 149 Å².